The Balaban J connectivity index is 1.44. The van der Waals surface area contributed by atoms with Crippen molar-refractivity contribution in [1.29, 1.82) is 0 Å². The van der Waals surface area contributed by atoms with Crippen LogP contribution in [0.25, 0.3) is 0 Å². The van der Waals surface area contributed by atoms with Gasteiger partial charge in [0.25, 0.3) is 0 Å². The van der Waals surface area contributed by atoms with Crippen molar-refractivity contribution in [2.24, 2.45) is 0 Å². The highest BCUT2D eigenvalue weighted by atomic mass is 16.5. The molecule has 2 aliphatic rings. The zero-order valence-corrected chi connectivity index (χ0v) is 15.9. The van der Waals surface area contributed by atoms with Crippen molar-refractivity contribution in [3.63, 3.8) is 0 Å². The van der Waals surface area contributed by atoms with Gasteiger partial charge in [0.05, 0.1) is 6.54 Å². The zero-order valence-electron chi connectivity index (χ0n) is 15.9. The maximum absolute atomic E-state index is 13.0. The second-order valence-electron chi connectivity index (χ2n) is 7.56. The minimum absolute atomic E-state index is 0.104. The number of fused-ring (bicyclic) bond motifs is 1. The smallest absolute Gasteiger partial charge is 0.249 e. The van der Waals surface area contributed by atoms with E-state index >= 15 is 0 Å². The Morgan fingerprint density at radius 2 is 2.15 bits per heavy atom. The number of hydrogen-bond acceptors (Lipinski definition) is 6. The molecule has 1 atom stereocenters. The molecule has 3 heterocycles. The fraction of sp³-hybridized carbons (Fsp3) is 0.550. The highest BCUT2D eigenvalue weighted by Gasteiger charge is 2.35. The van der Waals surface area contributed by atoms with Crippen LogP contribution in [0.3, 0.4) is 0 Å². The molecule has 144 valence electrons. The molecule has 7 nitrogen and oxygen atoms in total. The van der Waals surface area contributed by atoms with Crippen LogP contribution < -0.4 is 4.74 Å². The molecule has 1 fully saturated rings. The molecule has 0 spiro atoms. The van der Waals surface area contributed by atoms with E-state index in [1.807, 2.05) is 36.9 Å². The molecule has 1 aromatic heterocycles. The molecule has 1 aromatic carbocycles. The van der Waals surface area contributed by atoms with Gasteiger partial charge in [-0.15, -0.1) is 0 Å². The maximum Gasteiger partial charge on any atom is 0.249 e. The van der Waals surface area contributed by atoms with Crippen LogP contribution in [0.4, 0.5) is 0 Å². The number of carbonyl (C=O) groups is 1. The minimum atomic E-state index is -0.104. The van der Waals surface area contributed by atoms with Crippen LogP contribution in [0.15, 0.2) is 28.8 Å². The molecule has 0 radical (unpaired) electrons. The number of para-hydroxylation sites is 1. The molecule has 4 rings (SSSR count). The summed E-state index contributed by atoms with van der Waals surface area (Å²) in [6.45, 7) is 7.23. The Labute approximate surface area is 159 Å². The summed E-state index contributed by atoms with van der Waals surface area (Å²) < 4.78 is 11.3. The van der Waals surface area contributed by atoms with Crippen molar-refractivity contribution in [3.05, 3.63) is 41.5 Å². The van der Waals surface area contributed by atoms with Crippen LogP contribution in [-0.4, -0.2) is 52.1 Å². The van der Waals surface area contributed by atoms with E-state index < -0.39 is 0 Å². The van der Waals surface area contributed by atoms with Gasteiger partial charge in [-0.2, -0.15) is 4.98 Å². The van der Waals surface area contributed by atoms with Gasteiger partial charge in [0.2, 0.25) is 11.8 Å². The molecule has 0 saturated carbocycles. The van der Waals surface area contributed by atoms with Crippen LogP contribution in [0.1, 0.15) is 55.9 Å². The lowest BCUT2D eigenvalue weighted by molar-refractivity contribution is -0.134. The first-order chi connectivity index (χ1) is 13.1. The third kappa shape index (κ3) is 3.83. The van der Waals surface area contributed by atoms with Gasteiger partial charge in [0.15, 0.2) is 5.82 Å². The lowest BCUT2D eigenvalue weighted by atomic mass is 10.2. The lowest BCUT2D eigenvalue weighted by Crippen LogP contribution is -2.40. The summed E-state index contributed by atoms with van der Waals surface area (Å²) in [4.78, 5) is 21.6. The Morgan fingerprint density at radius 3 is 2.96 bits per heavy atom. The van der Waals surface area contributed by atoms with E-state index in [9.17, 15) is 4.79 Å². The number of carbonyl (C=O) groups excluding carboxylic acids is 1. The number of ether oxygens (including phenoxy) is 1. The van der Waals surface area contributed by atoms with Gasteiger partial charge in [-0.3, -0.25) is 9.69 Å². The SMILES string of the molecule is CC(C)c1noc([C@@H]2CCCN2C(=O)CN2CCOc3ccccc3C2)n1. The molecule has 2 aliphatic heterocycles. The van der Waals surface area contributed by atoms with Crippen LogP contribution in [0.2, 0.25) is 0 Å². The number of likely N-dealkylation sites (tertiary alicyclic amines) is 1. The third-order valence-electron chi connectivity index (χ3n) is 5.22. The van der Waals surface area contributed by atoms with E-state index in [2.05, 4.69) is 21.1 Å². The van der Waals surface area contributed by atoms with E-state index in [1.54, 1.807) is 0 Å². The fourth-order valence-corrected chi connectivity index (χ4v) is 3.74. The summed E-state index contributed by atoms with van der Waals surface area (Å²) in [6, 6.07) is 7.92. The largest absolute Gasteiger partial charge is 0.492 e. The minimum Gasteiger partial charge on any atom is -0.492 e. The summed E-state index contributed by atoms with van der Waals surface area (Å²) >= 11 is 0. The molecular weight excluding hydrogens is 344 g/mol. The van der Waals surface area contributed by atoms with Gasteiger partial charge < -0.3 is 14.2 Å². The van der Waals surface area contributed by atoms with Crippen molar-refractivity contribution in [1.82, 2.24) is 19.9 Å². The molecular formula is C20H26N4O3. The summed E-state index contributed by atoms with van der Waals surface area (Å²) in [5.41, 5.74) is 1.12. The van der Waals surface area contributed by atoms with E-state index in [4.69, 9.17) is 9.26 Å². The standard InChI is InChI=1S/C20H26N4O3/c1-14(2)19-21-20(27-22-19)16-7-5-9-24(16)18(25)13-23-10-11-26-17-8-4-3-6-15(17)12-23/h3-4,6,8,14,16H,5,7,9-13H2,1-2H3/t16-/m0/s1. The van der Waals surface area contributed by atoms with Gasteiger partial charge in [-0.1, -0.05) is 37.2 Å². The summed E-state index contributed by atoms with van der Waals surface area (Å²) in [6.07, 6.45) is 1.83. The molecule has 7 heteroatoms. The summed E-state index contributed by atoms with van der Waals surface area (Å²) in [5.74, 6) is 2.50. The first-order valence-corrected chi connectivity index (χ1v) is 9.68. The molecule has 0 unspecified atom stereocenters. The van der Waals surface area contributed by atoms with E-state index in [0.717, 1.165) is 43.8 Å². The van der Waals surface area contributed by atoms with Crippen molar-refractivity contribution < 1.29 is 14.1 Å². The predicted molar refractivity (Wildman–Crippen MR) is 99.3 cm³/mol. The maximum atomic E-state index is 13.0. The Morgan fingerprint density at radius 1 is 1.30 bits per heavy atom. The third-order valence-corrected chi connectivity index (χ3v) is 5.22. The normalized spacial score (nSPS) is 20.4. The van der Waals surface area contributed by atoms with E-state index in [-0.39, 0.29) is 17.9 Å². The monoisotopic (exact) mass is 370 g/mol. The average Bonchev–Trinajstić information content (AvgIpc) is 3.27. The molecule has 0 aliphatic carbocycles. The molecule has 0 N–H and O–H groups in total. The second kappa shape index (κ2) is 7.68. The molecule has 27 heavy (non-hydrogen) atoms. The predicted octanol–water partition coefficient (Wildman–Crippen LogP) is 2.75. The van der Waals surface area contributed by atoms with Gasteiger partial charge in [0, 0.05) is 31.1 Å². The van der Waals surface area contributed by atoms with Gasteiger partial charge in [-0.05, 0) is 18.9 Å². The summed E-state index contributed by atoms with van der Waals surface area (Å²) in [7, 11) is 0. The second-order valence-corrected chi connectivity index (χ2v) is 7.56. The Hall–Kier alpha value is -2.41. The Bertz CT molecular complexity index is 804. The Kier molecular flexibility index (Phi) is 5.11. The van der Waals surface area contributed by atoms with Crippen molar-refractivity contribution >= 4 is 5.91 Å². The van der Waals surface area contributed by atoms with Gasteiger partial charge >= 0.3 is 0 Å². The van der Waals surface area contributed by atoms with Crippen molar-refractivity contribution in [2.45, 2.75) is 45.2 Å². The van der Waals surface area contributed by atoms with E-state index in [1.165, 1.54) is 0 Å². The number of rotatable bonds is 4. The molecule has 2 aromatic rings. The first-order valence-electron chi connectivity index (χ1n) is 9.68. The average molecular weight is 370 g/mol. The number of aromatic nitrogens is 2. The highest BCUT2D eigenvalue weighted by Crippen LogP contribution is 2.32. The highest BCUT2D eigenvalue weighted by molar-refractivity contribution is 5.79. The van der Waals surface area contributed by atoms with Crippen LogP contribution >= 0.6 is 0 Å². The van der Waals surface area contributed by atoms with Crippen molar-refractivity contribution in [2.75, 3.05) is 26.2 Å². The lowest BCUT2D eigenvalue weighted by Gasteiger charge is -2.26. The van der Waals surface area contributed by atoms with Crippen LogP contribution in [0, 0.1) is 0 Å². The van der Waals surface area contributed by atoms with Gasteiger partial charge in [0.1, 0.15) is 18.4 Å². The number of hydrogen-bond donors (Lipinski definition) is 0. The molecule has 0 bridgehead atoms. The number of nitrogens with zero attached hydrogens (tertiary/aromatic N) is 4. The quantitative estimate of drug-likeness (QED) is 0.824. The van der Waals surface area contributed by atoms with Gasteiger partial charge in [-0.25, -0.2) is 0 Å². The number of benzene rings is 1. The first kappa shape index (κ1) is 18.0. The van der Waals surface area contributed by atoms with E-state index in [0.29, 0.717) is 24.9 Å². The molecule has 1 saturated heterocycles. The fourth-order valence-electron chi connectivity index (χ4n) is 3.74. The summed E-state index contributed by atoms with van der Waals surface area (Å²) in [5, 5.41) is 4.06. The zero-order chi connectivity index (χ0) is 18.8. The van der Waals surface area contributed by atoms with Crippen molar-refractivity contribution in [3.8, 4) is 5.75 Å². The molecule has 1 amide bonds. The van der Waals surface area contributed by atoms with Crippen LogP contribution in [-0.2, 0) is 11.3 Å². The number of amides is 1. The van der Waals surface area contributed by atoms with Crippen LogP contribution in [0.5, 0.6) is 5.75 Å². The topological polar surface area (TPSA) is 71.7 Å².